The number of hydrogen-bond donors (Lipinski definition) is 0. The Morgan fingerprint density at radius 2 is 2.30 bits per heavy atom. The summed E-state index contributed by atoms with van der Waals surface area (Å²) in [5.74, 6) is 0.423. The van der Waals surface area contributed by atoms with Crippen LogP contribution in [0.2, 0.25) is 5.02 Å². The van der Waals surface area contributed by atoms with Crippen molar-refractivity contribution in [3.63, 3.8) is 0 Å². The first-order valence-corrected chi connectivity index (χ1v) is 3.82. The zero-order chi connectivity index (χ0) is 7.56. The van der Waals surface area contributed by atoms with Crippen molar-refractivity contribution in [2.24, 2.45) is 0 Å². The van der Waals surface area contributed by atoms with Gasteiger partial charge in [-0.15, -0.1) is 11.6 Å². The predicted octanol–water partition coefficient (Wildman–Crippen LogP) is 2.78. The number of halogens is 2. The molecule has 3 heteroatoms. The maximum absolute atomic E-state index is 5.81. The van der Waals surface area contributed by atoms with Crippen molar-refractivity contribution in [1.82, 2.24) is 4.98 Å². The smallest absolute Gasteiger partial charge is 0.0504 e. The van der Waals surface area contributed by atoms with Gasteiger partial charge in [0, 0.05) is 22.5 Å². The molecule has 0 radical (unpaired) electrons. The largest absolute Gasteiger partial charge is 0.261 e. The maximum Gasteiger partial charge on any atom is 0.0504 e. The number of rotatable bonds is 1. The average Bonchev–Trinajstić information content (AvgIpc) is 1.88. The van der Waals surface area contributed by atoms with Crippen molar-refractivity contribution in [1.29, 1.82) is 0 Å². The topological polar surface area (TPSA) is 12.9 Å². The lowest BCUT2D eigenvalue weighted by atomic mass is 10.3. The lowest BCUT2D eigenvalue weighted by Gasteiger charge is -1.98. The second kappa shape index (κ2) is 3.22. The van der Waals surface area contributed by atoms with Crippen LogP contribution in [0.3, 0.4) is 0 Å². The molecule has 1 rings (SSSR count). The highest BCUT2D eigenvalue weighted by Crippen LogP contribution is 2.16. The standard InChI is InChI=1S/C7H7Cl2N/c1-5-2-7(9)6(3-8)4-10-5/h2,4H,3H2,1H3. The first-order valence-electron chi connectivity index (χ1n) is 2.91. The number of nitrogens with zero attached hydrogens (tertiary/aromatic N) is 1. The zero-order valence-corrected chi connectivity index (χ0v) is 7.08. The molecule has 0 amide bonds. The fraction of sp³-hybridized carbons (Fsp3) is 0.286. The average molecular weight is 176 g/mol. The van der Waals surface area contributed by atoms with Gasteiger partial charge in [-0.3, -0.25) is 4.98 Å². The minimum Gasteiger partial charge on any atom is -0.261 e. The van der Waals surface area contributed by atoms with Gasteiger partial charge in [-0.05, 0) is 13.0 Å². The number of hydrogen-bond acceptors (Lipinski definition) is 1. The van der Waals surface area contributed by atoms with E-state index in [1.165, 1.54) is 0 Å². The molecular weight excluding hydrogens is 169 g/mol. The molecule has 0 spiro atoms. The predicted molar refractivity (Wildman–Crippen MR) is 43.5 cm³/mol. The summed E-state index contributed by atoms with van der Waals surface area (Å²) < 4.78 is 0. The van der Waals surface area contributed by atoms with Crippen molar-refractivity contribution in [3.8, 4) is 0 Å². The number of aromatic nitrogens is 1. The summed E-state index contributed by atoms with van der Waals surface area (Å²) in [5.41, 5.74) is 1.80. The van der Waals surface area contributed by atoms with Gasteiger partial charge in [-0.25, -0.2) is 0 Å². The molecule has 54 valence electrons. The second-order valence-electron chi connectivity index (χ2n) is 2.05. The Hall–Kier alpha value is -0.270. The molecule has 0 fully saturated rings. The van der Waals surface area contributed by atoms with Crippen LogP contribution >= 0.6 is 23.2 Å². The monoisotopic (exact) mass is 175 g/mol. The van der Waals surface area contributed by atoms with Gasteiger partial charge in [-0.2, -0.15) is 0 Å². The van der Waals surface area contributed by atoms with Gasteiger partial charge in [0.25, 0.3) is 0 Å². The van der Waals surface area contributed by atoms with Crippen molar-refractivity contribution in [2.75, 3.05) is 0 Å². The highest BCUT2D eigenvalue weighted by Gasteiger charge is 1.97. The Kier molecular flexibility index (Phi) is 2.52. The molecule has 0 aromatic carbocycles. The molecule has 0 bridgehead atoms. The first-order chi connectivity index (χ1) is 4.74. The van der Waals surface area contributed by atoms with Crippen molar-refractivity contribution < 1.29 is 0 Å². The third-order valence-electron chi connectivity index (χ3n) is 1.21. The molecule has 0 saturated carbocycles. The molecule has 0 aliphatic rings. The molecule has 1 nitrogen and oxygen atoms in total. The van der Waals surface area contributed by atoms with E-state index in [1.807, 2.05) is 6.92 Å². The molecule has 0 aliphatic carbocycles. The van der Waals surface area contributed by atoms with E-state index in [1.54, 1.807) is 12.3 Å². The van der Waals surface area contributed by atoms with E-state index in [9.17, 15) is 0 Å². The van der Waals surface area contributed by atoms with E-state index < -0.39 is 0 Å². The minimum atomic E-state index is 0.423. The van der Waals surface area contributed by atoms with E-state index in [2.05, 4.69) is 4.98 Å². The summed E-state index contributed by atoms with van der Waals surface area (Å²) in [6, 6.07) is 1.80. The number of aryl methyl sites for hydroxylation is 1. The molecule has 1 aromatic rings. The van der Waals surface area contributed by atoms with E-state index in [4.69, 9.17) is 23.2 Å². The van der Waals surface area contributed by atoms with Crippen LogP contribution in [0, 0.1) is 6.92 Å². The van der Waals surface area contributed by atoms with Gasteiger partial charge in [0.1, 0.15) is 0 Å². The summed E-state index contributed by atoms with van der Waals surface area (Å²) >= 11 is 11.4. The Bertz CT molecular complexity index is 235. The fourth-order valence-electron chi connectivity index (χ4n) is 0.653. The maximum atomic E-state index is 5.81. The third-order valence-corrected chi connectivity index (χ3v) is 1.85. The van der Waals surface area contributed by atoms with Gasteiger partial charge in [0.05, 0.1) is 5.88 Å². The SMILES string of the molecule is Cc1cc(Cl)c(CCl)cn1. The van der Waals surface area contributed by atoms with Crippen LogP contribution in [0.5, 0.6) is 0 Å². The molecule has 0 unspecified atom stereocenters. The summed E-state index contributed by atoms with van der Waals surface area (Å²) in [7, 11) is 0. The number of alkyl halides is 1. The Labute approximate surface area is 70.0 Å². The Morgan fingerprint density at radius 1 is 1.60 bits per heavy atom. The molecule has 0 saturated heterocycles. The van der Waals surface area contributed by atoms with Crippen LogP contribution in [0.25, 0.3) is 0 Å². The van der Waals surface area contributed by atoms with Crippen LogP contribution in [-0.4, -0.2) is 4.98 Å². The second-order valence-corrected chi connectivity index (χ2v) is 2.73. The van der Waals surface area contributed by atoms with Crippen LogP contribution in [0.4, 0.5) is 0 Å². The summed E-state index contributed by atoms with van der Waals surface area (Å²) in [6.45, 7) is 1.89. The molecule has 1 aromatic heterocycles. The van der Waals surface area contributed by atoms with E-state index in [-0.39, 0.29) is 0 Å². The zero-order valence-electron chi connectivity index (χ0n) is 5.56. The molecule has 0 atom stereocenters. The van der Waals surface area contributed by atoms with E-state index >= 15 is 0 Å². The minimum absolute atomic E-state index is 0.423. The molecule has 0 aliphatic heterocycles. The van der Waals surface area contributed by atoms with Crippen LogP contribution in [-0.2, 0) is 5.88 Å². The van der Waals surface area contributed by atoms with Crippen LogP contribution in [0.15, 0.2) is 12.3 Å². The summed E-state index contributed by atoms with van der Waals surface area (Å²) in [4.78, 5) is 4.04. The molecule has 0 N–H and O–H groups in total. The number of pyridine rings is 1. The van der Waals surface area contributed by atoms with Gasteiger partial charge in [0.15, 0.2) is 0 Å². The van der Waals surface area contributed by atoms with Crippen molar-refractivity contribution in [2.45, 2.75) is 12.8 Å². The summed E-state index contributed by atoms with van der Waals surface area (Å²) in [5, 5.41) is 0.697. The highest BCUT2D eigenvalue weighted by atomic mass is 35.5. The van der Waals surface area contributed by atoms with Gasteiger partial charge < -0.3 is 0 Å². The first kappa shape index (κ1) is 7.83. The van der Waals surface area contributed by atoms with Crippen LogP contribution < -0.4 is 0 Å². The van der Waals surface area contributed by atoms with Gasteiger partial charge in [-0.1, -0.05) is 11.6 Å². The molecular formula is C7H7Cl2N. The lowest BCUT2D eigenvalue weighted by molar-refractivity contribution is 1.16. The molecule has 10 heavy (non-hydrogen) atoms. The van der Waals surface area contributed by atoms with Crippen LogP contribution in [0.1, 0.15) is 11.3 Å². The third kappa shape index (κ3) is 1.61. The van der Waals surface area contributed by atoms with Gasteiger partial charge in [0.2, 0.25) is 0 Å². The van der Waals surface area contributed by atoms with Crippen molar-refractivity contribution >= 4 is 23.2 Å². The quantitative estimate of drug-likeness (QED) is 0.599. The summed E-state index contributed by atoms with van der Waals surface area (Å²) in [6.07, 6.45) is 1.70. The molecule has 1 heterocycles. The van der Waals surface area contributed by atoms with E-state index in [0.29, 0.717) is 10.9 Å². The normalized spacial score (nSPS) is 9.90. The Morgan fingerprint density at radius 3 is 2.80 bits per heavy atom. The Balaban J connectivity index is 3.07. The van der Waals surface area contributed by atoms with E-state index in [0.717, 1.165) is 11.3 Å². The lowest BCUT2D eigenvalue weighted by Crippen LogP contribution is -1.85. The highest BCUT2D eigenvalue weighted by molar-refractivity contribution is 6.32. The fourth-order valence-corrected chi connectivity index (χ4v) is 1.21. The van der Waals surface area contributed by atoms with Crippen molar-refractivity contribution in [3.05, 3.63) is 28.5 Å². The van der Waals surface area contributed by atoms with Gasteiger partial charge >= 0.3 is 0 Å².